The molecule has 110 valence electrons. The maximum Gasteiger partial charge on any atom is 0.125 e. The Morgan fingerprint density at radius 3 is 2.90 bits per heavy atom. The average molecular weight is 283 g/mol. The molecule has 2 atom stereocenters. The van der Waals surface area contributed by atoms with Crippen LogP contribution in [0.3, 0.4) is 0 Å². The van der Waals surface area contributed by atoms with E-state index in [1.165, 1.54) is 17.5 Å². The molecule has 0 fully saturated rings. The van der Waals surface area contributed by atoms with Crippen LogP contribution in [0.25, 0.3) is 0 Å². The van der Waals surface area contributed by atoms with E-state index in [-0.39, 0.29) is 11.6 Å². The molecule has 0 saturated heterocycles. The third-order valence-electron chi connectivity index (χ3n) is 4.72. The van der Waals surface area contributed by atoms with Gasteiger partial charge in [0.15, 0.2) is 0 Å². The summed E-state index contributed by atoms with van der Waals surface area (Å²) in [5.41, 5.74) is 2.35. The van der Waals surface area contributed by atoms with E-state index in [0.29, 0.717) is 6.04 Å². The van der Waals surface area contributed by atoms with Crippen molar-refractivity contribution in [3.63, 3.8) is 0 Å². The Balaban J connectivity index is 1.66. The van der Waals surface area contributed by atoms with Gasteiger partial charge in [-0.3, -0.25) is 5.32 Å². The van der Waals surface area contributed by atoms with Crippen molar-refractivity contribution in [2.24, 2.45) is 0 Å². The van der Waals surface area contributed by atoms with E-state index in [4.69, 9.17) is 9.15 Å². The Labute approximate surface area is 125 Å². The molecule has 3 nitrogen and oxygen atoms in total. The Morgan fingerprint density at radius 1 is 1.14 bits per heavy atom. The number of hydrogen-bond acceptors (Lipinski definition) is 3. The summed E-state index contributed by atoms with van der Waals surface area (Å²) in [6.45, 7) is 4.31. The molecule has 0 bridgehead atoms. The predicted molar refractivity (Wildman–Crippen MR) is 81.4 cm³/mol. The first kappa shape index (κ1) is 13.0. The lowest BCUT2D eigenvalue weighted by Gasteiger charge is -2.32. The fourth-order valence-electron chi connectivity index (χ4n) is 3.68. The maximum atomic E-state index is 6.13. The molecule has 21 heavy (non-hydrogen) atoms. The highest BCUT2D eigenvalue weighted by molar-refractivity contribution is 5.42. The van der Waals surface area contributed by atoms with Gasteiger partial charge in [-0.05, 0) is 38.8 Å². The Morgan fingerprint density at radius 2 is 2.00 bits per heavy atom. The van der Waals surface area contributed by atoms with Gasteiger partial charge < -0.3 is 9.15 Å². The zero-order chi connectivity index (χ0) is 14.4. The first-order chi connectivity index (χ1) is 10.1. The third-order valence-corrected chi connectivity index (χ3v) is 4.72. The molecule has 0 spiro atoms. The molecule has 2 heterocycles. The molecular weight excluding hydrogens is 262 g/mol. The fourth-order valence-corrected chi connectivity index (χ4v) is 3.68. The van der Waals surface area contributed by atoms with Crippen molar-refractivity contribution in [1.82, 2.24) is 5.32 Å². The van der Waals surface area contributed by atoms with E-state index in [9.17, 15) is 0 Å². The minimum atomic E-state index is -0.231. The second-order valence-corrected chi connectivity index (χ2v) is 6.59. The van der Waals surface area contributed by atoms with Gasteiger partial charge in [-0.25, -0.2) is 0 Å². The van der Waals surface area contributed by atoms with Crippen LogP contribution in [-0.4, -0.2) is 5.60 Å². The second-order valence-electron chi connectivity index (χ2n) is 6.59. The van der Waals surface area contributed by atoms with Crippen LogP contribution in [0.15, 0.2) is 41.0 Å². The van der Waals surface area contributed by atoms with E-state index >= 15 is 0 Å². The van der Waals surface area contributed by atoms with Crippen molar-refractivity contribution in [3.05, 3.63) is 53.5 Å². The van der Waals surface area contributed by atoms with E-state index in [2.05, 4.69) is 43.4 Å². The highest BCUT2D eigenvalue weighted by atomic mass is 16.5. The van der Waals surface area contributed by atoms with Gasteiger partial charge >= 0.3 is 0 Å². The van der Waals surface area contributed by atoms with Gasteiger partial charge in [0, 0.05) is 23.6 Å². The molecule has 1 aliphatic heterocycles. The standard InChI is InChI=1S/C18H21NO2/c1-18(2)17(13-6-3-4-8-16(13)21-18)19-14-7-5-9-15-12(14)10-11-20-15/h3-4,6,8,10-11,14,17,19H,5,7,9H2,1-2H3. The van der Waals surface area contributed by atoms with Gasteiger partial charge in [-0.15, -0.1) is 0 Å². The number of furan rings is 1. The molecular formula is C18H21NO2. The number of para-hydroxylation sites is 1. The van der Waals surface area contributed by atoms with Crippen LogP contribution in [0, 0.1) is 0 Å². The Hall–Kier alpha value is -1.74. The lowest BCUT2D eigenvalue weighted by molar-refractivity contribution is 0.0893. The SMILES string of the molecule is CC1(C)Oc2ccccc2C1NC1CCCc2occc21. The van der Waals surface area contributed by atoms with Gasteiger partial charge in [0.2, 0.25) is 0 Å². The molecule has 0 radical (unpaired) electrons. The van der Waals surface area contributed by atoms with Crippen molar-refractivity contribution in [3.8, 4) is 5.75 Å². The zero-order valence-electron chi connectivity index (χ0n) is 12.6. The summed E-state index contributed by atoms with van der Waals surface area (Å²) < 4.78 is 11.7. The first-order valence-corrected chi connectivity index (χ1v) is 7.75. The number of nitrogens with one attached hydrogen (secondary N) is 1. The van der Waals surface area contributed by atoms with E-state index in [0.717, 1.165) is 24.4 Å². The Kier molecular flexibility index (Phi) is 2.86. The minimum absolute atomic E-state index is 0.208. The first-order valence-electron chi connectivity index (χ1n) is 7.75. The van der Waals surface area contributed by atoms with Gasteiger partial charge in [0.05, 0.1) is 12.3 Å². The molecule has 1 aromatic heterocycles. The molecule has 0 saturated carbocycles. The second kappa shape index (κ2) is 4.63. The number of rotatable bonds is 2. The molecule has 3 heteroatoms. The lowest BCUT2D eigenvalue weighted by Crippen LogP contribution is -2.41. The van der Waals surface area contributed by atoms with E-state index < -0.39 is 0 Å². The Bertz CT molecular complexity index is 659. The minimum Gasteiger partial charge on any atom is -0.486 e. The summed E-state index contributed by atoms with van der Waals surface area (Å²) in [7, 11) is 0. The van der Waals surface area contributed by atoms with E-state index in [1.54, 1.807) is 0 Å². The van der Waals surface area contributed by atoms with Crippen LogP contribution in [0.2, 0.25) is 0 Å². The molecule has 1 aliphatic carbocycles. The average Bonchev–Trinajstić information content (AvgIpc) is 3.02. The number of ether oxygens (including phenoxy) is 1. The lowest BCUT2D eigenvalue weighted by atomic mass is 9.89. The summed E-state index contributed by atoms with van der Waals surface area (Å²) >= 11 is 0. The number of aryl methyl sites for hydroxylation is 1. The molecule has 2 unspecified atom stereocenters. The largest absolute Gasteiger partial charge is 0.486 e. The molecule has 0 amide bonds. The number of fused-ring (bicyclic) bond motifs is 2. The van der Waals surface area contributed by atoms with Crippen molar-refractivity contribution in [1.29, 1.82) is 0 Å². The van der Waals surface area contributed by atoms with Crippen molar-refractivity contribution in [2.75, 3.05) is 0 Å². The van der Waals surface area contributed by atoms with Gasteiger partial charge in [-0.1, -0.05) is 18.2 Å². The van der Waals surface area contributed by atoms with Crippen LogP contribution in [0.4, 0.5) is 0 Å². The van der Waals surface area contributed by atoms with Crippen LogP contribution < -0.4 is 10.1 Å². The molecule has 2 aliphatic rings. The van der Waals surface area contributed by atoms with Crippen molar-refractivity contribution < 1.29 is 9.15 Å². The topological polar surface area (TPSA) is 34.4 Å². The smallest absolute Gasteiger partial charge is 0.125 e. The summed E-state index contributed by atoms with van der Waals surface area (Å²) in [5.74, 6) is 2.15. The van der Waals surface area contributed by atoms with Crippen LogP contribution in [0.5, 0.6) is 5.75 Å². The summed E-state index contributed by atoms with van der Waals surface area (Å²) in [6, 6.07) is 11.0. The summed E-state index contributed by atoms with van der Waals surface area (Å²) in [6.07, 6.45) is 5.20. The highest BCUT2D eigenvalue weighted by Crippen LogP contribution is 2.45. The molecule has 1 aromatic carbocycles. The van der Waals surface area contributed by atoms with Crippen molar-refractivity contribution in [2.45, 2.75) is 50.8 Å². The fraction of sp³-hybridized carbons (Fsp3) is 0.444. The number of benzene rings is 1. The van der Waals surface area contributed by atoms with Crippen LogP contribution in [-0.2, 0) is 6.42 Å². The summed E-state index contributed by atoms with van der Waals surface area (Å²) in [5, 5.41) is 3.82. The maximum absolute atomic E-state index is 6.13. The summed E-state index contributed by atoms with van der Waals surface area (Å²) in [4.78, 5) is 0. The quantitative estimate of drug-likeness (QED) is 0.898. The van der Waals surface area contributed by atoms with Gasteiger partial charge in [0.25, 0.3) is 0 Å². The third kappa shape index (κ3) is 2.07. The van der Waals surface area contributed by atoms with E-state index in [1.807, 2.05) is 12.3 Å². The van der Waals surface area contributed by atoms with Crippen LogP contribution >= 0.6 is 0 Å². The van der Waals surface area contributed by atoms with Gasteiger partial charge in [0.1, 0.15) is 17.1 Å². The normalized spacial score (nSPS) is 26.0. The monoisotopic (exact) mass is 283 g/mol. The molecule has 4 rings (SSSR count). The van der Waals surface area contributed by atoms with Crippen LogP contribution in [0.1, 0.15) is 55.7 Å². The van der Waals surface area contributed by atoms with Gasteiger partial charge in [-0.2, -0.15) is 0 Å². The highest BCUT2D eigenvalue weighted by Gasteiger charge is 2.42. The molecule has 1 N–H and O–H groups in total. The zero-order valence-corrected chi connectivity index (χ0v) is 12.6. The predicted octanol–water partition coefficient (Wildman–Crippen LogP) is 4.16. The number of hydrogen-bond donors (Lipinski definition) is 1. The van der Waals surface area contributed by atoms with Crippen molar-refractivity contribution >= 4 is 0 Å². The molecule has 2 aromatic rings.